The van der Waals surface area contributed by atoms with Crippen LogP contribution in [0.5, 0.6) is 0 Å². The van der Waals surface area contributed by atoms with E-state index in [0.717, 1.165) is 0 Å². The molecule has 0 N–H and O–H groups in total. The van der Waals surface area contributed by atoms with Gasteiger partial charge in [0.25, 0.3) is 0 Å². The second kappa shape index (κ2) is 4.73. The molecule has 90 valence electrons. The van der Waals surface area contributed by atoms with Gasteiger partial charge in [0.05, 0.1) is 6.04 Å². The highest BCUT2D eigenvalue weighted by atomic mass is 14.8. The first-order valence-corrected chi connectivity index (χ1v) is 6.83. The van der Waals surface area contributed by atoms with Crippen LogP contribution in [0.25, 0.3) is 0 Å². The van der Waals surface area contributed by atoms with Crippen LogP contribution in [0.15, 0.2) is 16.6 Å². The Morgan fingerprint density at radius 3 is 2.56 bits per heavy atom. The number of allylic oxidation sites excluding steroid dienone is 2. The van der Waals surface area contributed by atoms with Gasteiger partial charge in [0.15, 0.2) is 0 Å². The van der Waals surface area contributed by atoms with Crippen LogP contribution in [0.1, 0.15) is 65.7 Å². The highest BCUT2D eigenvalue weighted by Crippen LogP contribution is 2.33. The number of rotatable bonds is 1. The molecule has 1 heteroatoms. The average molecular weight is 219 g/mol. The van der Waals surface area contributed by atoms with Crippen molar-refractivity contribution in [2.24, 2.45) is 10.4 Å². The maximum atomic E-state index is 5.04. The average Bonchev–Trinajstić information content (AvgIpc) is 2.26. The first-order chi connectivity index (χ1) is 7.58. The fourth-order valence-corrected chi connectivity index (χ4v) is 2.76. The van der Waals surface area contributed by atoms with E-state index in [4.69, 9.17) is 4.99 Å². The molecule has 2 aliphatic carbocycles. The van der Waals surface area contributed by atoms with Gasteiger partial charge >= 0.3 is 0 Å². The Morgan fingerprint density at radius 2 is 1.88 bits per heavy atom. The molecule has 0 aliphatic heterocycles. The van der Waals surface area contributed by atoms with Gasteiger partial charge in [0.1, 0.15) is 0 Å². The van der Waals surface area contributed by atoms with E-state index in [1.54, 1.807) is 0 Å². The molecule has 2 rings (SSSR count). The van der Waals surface area contributed by atoms with E-state index in [1.165, 1.54) is 56.2 Å². The van der Waals surface area contributed by atoms with Crippen LogP contribution in [0.3, 0.4) is 0 Å². The van der Waals surface area contributed by atoms with Crippen molar-refractivity contribution in [3.63, 3.8) is 0 Å². The summed E-state index contributed by atoms with van der Waals surface area (Å²) in [5, 5.41) is 0. The molecule has 0 heterocycles. The van der Waals surface area contributed by atoms with Crippen LogP contribution in [-0.4, -0.2) is 11.8 Å². The summed E-state index contributed by atoms with van der Waals surface area (Å²) >= 11 is 0. The van der Waals surface area contributed by atoms with Crippen LogP contribution >= 0.6 is 0 Å². The van der Waals surface area contributed by atoms with E-state index in [-0.39, 0.29) is 0 Å². The van der Waals surface area contributed by atoms with E-state index in [2.05, 4.69) is 26.8 Å². The van der Waals surface area contributed by atoms with Crippen LogP contribution in [-0.2, 0) is 0 Å². The summed E-state index contributed by atoms with van der Waals surface area (Å²) < 4.78 is 0. The summed E-state index contributed by atoms with van der Waals surface area (Å²) in [7, 11) is 0. The highest BCUT2D eigenvalue weighted by molar-refractivity contribution is 6.00. The van der Waals surface area contributed by atoms with Gasteiger partial charge in [-0.1, -0.05) is 38.7 Å². The van der Waals surface area contributed by atoms with Crippen LogP contribution in [0.4, 0.5) is 0 Å². The van der Waals surface area contributed by atoms with Gasteiger partial charge in [0.2, 0.25) is 0 Å². The normalized spacial score (nSPS) is 29.2. The Balaban J connectivity index is 2.15. The molecule has 1 saturated carbocycles. The third-order valence-corrected chi connectivity index (χ3v) is 4.12. The fourth-order valence-electron chi connectivity index (χ4n) is 2.76. The second-order valence-electron chi connectivity index (χ2n) is 6.18. The summed E-state index contributed by atoms with van der Waals surface area (Å²) in [6.45, 7) is 6.93. The Morgan fingerprint density at radius 1 is 1.19 bits per heavy atom. The third-order valence-electron chi connectivity index (χ3n) is 4.12. The number of nitrogens with zero attached hydrogens (tertiary/aromatic N) is 1. The molecule has 0 saturated heterocycles. The lowest BCUT2D eigenvalue weighted by atomic mass is 9.76. The van der Waals surface area contributed by atoms with Gasteiger partial charge in [-0.3, -0.25) is 4.99 Å². The fraction of sp³-hybridized carbons (Fsp3) is 0.800. The molecular weight excluding hydrogens is 194 g/mol. The lowest BCUT2D eigenvalue weighted by molar-refractivity contribution is 0.426. The minimum absolute atomic E-state index is 0.303. The molecule has 0 atom stereocenters. The lowest BCUT2D eigenvalue weighted by Gasteiger charge is -2.31. The minimum Gasteiger partial charge on any atom is -0.286 e. The Labute approximate surface area is 100 Å². The van der Waals surface area contributed by atoms with E-state index < -0.39 is 0 Å². The molecule has 16 heavy (non-hydrogen) atoms. The third kappa shape index (κ3) is 2.75. The van der Waals surface area contributed by atoms with Gasteiger partial charge in [-0.25, -0.2) is 0 Å². The molecule has 1 nitrogen and oxygen atoms in total. The zero-order valence-electron chi connectivity index (χ0n) is 11.1. The number of aliphatic imine (C=N–C) groups is 1. The van der Waals surface area contributed by atoms with E-state index >= 15 is 0 Å². The zero-order valence-corrected chi connectivity index (χ0v) is 11.1. The molecule has 0 aromatic rings. The van der Waals surface area contributed by atoms with Crippen molar-refractivity contribution in [3.8, 4) is 0 Å². The van der Waals surface area contributed by atoms with Crippen molar-refractivity contribution >= 4 is 5.71 Å². The van der Waals surface area contributed by atoms with Crippen molar-refractivity contribution in [3.05, 3.63) is 11.6 Å². The van der Waals surface area contributed by atoms with Gasteiger partial charge in [-0.05, 0) is 38.7 Å². The smallest absolute Gasteiger partial charge is 0.0503 e. The highest BCUT2D eigenvalue weighted by Gasteiger charge is 2.27. The van der Waals surface area contributed by atoms with E-state index in [9.17, 15) is 0 Å². The van der Waals surface area contributed by atoms with Crippen molar-refractivity contribution in [2.45, 2.75) is 71.8 Å². The molecule has 0 radical (unpaired) electrons. The lowest BCUT2D eigenvalue weighted by Crippen LogP contribution is -2.28. The maximum absolute atomic E-state index is 5.04. The molecule has 0 bridgehead atoms. The van der Waals surface area contributed by atoms with Crippen LogP contribution in [0, 0.1) is 5.41 Å². The van der Waals surface area contributed by atoms with Crippen molar-refractivity contribution in [2.75, 3.05) is 0 Å². The standard InChI is InChI=1S/C15H25N/c1-12-9-10-15(2,3)14(11-12)16-13-7-5-4-6-8-13/h11,13H,4-10H2,1-3H3. The molecular formula is C15H25N. The van der Waals surface area contributed by atoms with Crippen LogP contribution in [0.2, 0.25) is 0 Å². The Bertz CT molecular complexity index is 303. The second-order valence-corrected chi connectivity index (χ2v) is 6.18. The van der Waals surface area contributed by atoms with Crippen LogP contribution < -0.4 is 0 Å². The molecule has 1 fully saturated rings. The SMILES string of the molecule is CC1=CC(=NC2CCCCC2)C(C)(C)CC1. The molecule has 0 aromatic carbocycles. The molecule has 0 aromatic heterocycles. The molecule has 2 aliphatic rings. The summed E-state index contributed by atoms with van der Waals surface area (Å²) in [6, 6.07) is 0.616. The molecule has 0 amide bonds. The first-order valence-electron chi connectivity index (χ1n) is 6.83. The summed E-state index contributed by atoms with van der Waals surface area (Å²) in [5.41, 5.74) is 3.17. The summed E-state index contributed by atoms with van der Waals surface area (Å²) in [4.78, 5) is 5.04. The number of hydrogen-bond acceptors (Lipinski definition) is 1. The van der Waals surface area contributed by atoms with Gasteiger partial charge < -0.3 is 0 Å². The maximum Gasteiger partial charge on any atom is 0.0503 e. The predicted molar refractivity (Wildman–Crippen MR) is 71.1 cm³/mol. The Hall–Kier alpha value is -0.590. The van der Waals surface area contributed by atoms with Gasteiger partial charge in [-0.2, -0.15) is 0 Å². The molecule has 0 spiro atoms. The quantitative estimate of drug-likeness (QED) is 0.614. The number of hydrogen-bond donors (Lipinski definition) is 0. The van der Waals surface area contributed by atoms with Gasteiger partial charge in [-0.15, -0.1) is 0 Å². The largest absolute Gasteiger partial charge is 0.286 e. The van der Waals surface area contributed by atoms with E-state index in [0.29, 0.717) is 11.5 Å². The van der Waals surface area contributed by atoms with Gasteiger partial charge in [0, 0.05) is 11.1 Å². The first kappa shape index (κ1) is 11.9. The molecule has 0 unspecified atom stereocenters. The summed E-state index contributed by atoms with van der Waals surface area (Å²) in [5.74, 6) is 0. The van der Waals surface area contributed by atoms with Crippen molar-refractivity contribution < 1.29 is 0 Å². The summed E-state index contributed by atoms with van der Waals surface area (Å²) in [6.07, 6.45) is 11.7. The monoisotopic (exact) mass is 219 g/mol. The van der Waals surface area contributed by atoms with Crippen molar-refractivity contribution in [1.82, 2.24) is 0 Å². The topological polar surface area (TPSA) is 12.4 Å². The minimum atomic E-state index is 0.303. The zero-order chi connectivity index (χ0) is 11.6. The Kier molecular flexibility index (Phi) is 3.51. The van der Waals surface area contributed by atoms with Crippen molar-refractivity contribution in [1.29, 1.82) is 0 Å². The predicted octanol–water partition coefficient (Wildman–Crippen LogP) is 4.53. The van der Waals surface area contributed by atoms with E-state index in [1.807, 2.05) is 0 Å².